The lowest BCUT2D eigenvalue weighted by Crippen LogP contribution is -2.39. The van der Waals surface area contributed by atoms with Crippen LogP contribution in [0.25, 0.3) is 10.9 Å². The summed E-state index contributed by atoms with van der Waals surface area (Å²) in [6.45, 7) is 0.562. The highest BCUT2D eigenvalue weighted by molar-refractivity contribution is 6.31. The zero-order valence-electron chi connectivity index (χ0n) is 19.5. The highest BCUT2D eigenvalue weighted by Gasteiger charge is 2.38. The summed E-state index contributed by atoms with van der Waals surface area (Å²) in [6.07, 6.45) is 3.00. The fourth-order valence-corrected chi connectivity index (χ4v) is 5.26. The largest absolute Gasteiger partial charge is 0.490 e. The van der Waals surface area contributed by atoms with Crippen molar-refractivity contribution in [3.8, 4) is 5.75 Å². The average Bonchev–Trinajstić information content (AvgIpc) is 3.25. The highest BCUT2D eigenvalue weighted by atomic mass is 35.5. The van der Waals surface area contributed by atoms with Gasteiger partial charge in [0.25, 0.3) is 0 Å². The van der Waals surface area contributed by atoms with Crippen LogP contribution in [0, 0.1) is 11.7 Å². The molecule has 1 unspecified atom stereocenters. The number of halogens is 3. The Hall–Kier alpha value is -2.90. The summed E-state index contributed by atoms with van der Waals surface area (Å²) in [6, 6.07) is 13.3. The Balaban J connectivity index is 1.10. The lowest BCUT2D eigenvalue weighted by molar-refractivity contribution is 0.0913. The maximum Gasteiger partial charge on any atom is 0.410 e. The molecule has 0 N–H and O–H groups in total. The van der Waals surface area contributed by atoms with Crippen LogP contribution in [0.5, 0.6) is 5.75 Å². The van der Waals surface area contributed by atoms with Gasteiger partial charge in [0.05, 0.1) is 17.1 Å². The normalized spacial score (nSPS) is 22.0. The van der Waals surface area contributed by atoms with Crippen LogP contribution in [0.1, 0.15) is 42.6 Å². The molecule has 1 aliphatic carbocycles. The molecule has 36 heavy (non-hydrogen) atoms. The van der Waals surface area contributed by atoms with Gasteiger partial charge in [-0.05, 0) is 68.0 Å². The van der Waals surface area contributed by atoms with Gasteiger partial charge in [0.2, 0.25) is 0 Å². The summed E-state index contributed by atoms with van der Waals surface area (Å²) in [4.78, 5) is 31.6. The lowest BCUT2D eigenvalue weighted by atomic mass is 9.82. The van der Waals surface area contributed by atoms with Gasteiger partial charge in [0, 0.05) is 28.9 Å². The summed E-state index contributed by atoms with van der Waals surface area (Å²) in [5.74, 6) is 0.0674. The van der Waals surface area contributed by atoms with Crippen molar-refractivity contribution in [3.05, 3.63) is 70.1 Å². The molecule has 1 atom stereocenters. The predicted octanol–water partition coefficient (Wildman–Crippen LogP) is 6.71. The van der Waals surface area contributed by atoms with Crippen LogP contribution < -0.4 is 4.74 Å². The van der Waals surface area contributed by atoms with Crippen molar-refractivity contribution in [1.29, 1.82) is 0 Å². The number of carbonyl (C=O) groups is 2. The first-order valence-corrected chi connectivity index (χ1v) is 12.8. The van der Waals surface area contributed by atoms with Crippen LogP contribution >= 0.6 is 23.2 Å². The van der Waals surface area contributed by atoms with Crippen LogP contribution in [0.15, 0.2) is 48.5 Å². The fourth-order valence-electron chi connectivity index (χ4n) is 4.96. The van der Waals surface area contributed by atoms with Crippen LogP contribution in [0.4, 0.5) is 9.18 Å². The zero-order valence-corrected chi connectivity index (χ0v) is 21.0. The van der Waals surface area contributed by atoms with Gasteiger partial charge in [-0.25, -0.2) is 14.2 Å². The van der Waals surface area contributed by atoms with Crippen molar-refractivity contribution in [1.82, 2.24) is 9.88 Å². The van der Waals surface area contributed by atoms with Crippen LogP contribution in [0.3, 0.4) is 0 Å². The lowest BCUT2D eigenvalue weighted by Gasteiger charge is -2.33. The second-order valence-corrected chi connectivity index (χ2v) is 10.2. The fraction of sp³-hybridized carbons (Fsp3) is 0.370. The number of Topliss-reactive ketones (excluding diaryl/α,β-unsaturated/α-hetero) is 1. The number of pyridine rings is 1. The minimum atomic E-state index is -0.559. The minimum absolute atomic E-state index is 0.0250. The minimum Gasteiger partial charge on any atom is -0.490 e. The van der Waals surface area contributed by atoms with Gasteiger partial charge in [-0.15, -0.1) is 0 Å². The predicted molar refractivity (Wildman–Crippen MR) is 135 cm³/mol. The molecule has 0 bridgehead atoms. The third-order valence-corrected chi connectivity index (χ3v) is 7.44. The van der Waals surface area contributed by atoms with Crippen LogP contribution in [-0.4, -0.2) is 47.1 Å². The maximum atomic E-state index is 13.6. The Morgan fingerprint density at radius 1 is 1.08 bits per heavy atom. The third kappa shape index (κ3) is 5.57. The van der Waals surface area contributed by atoms with Crippen molar-refractivity contribution in [2.45, 2.75) is 44.2 Å². The first-order chi connectivity index (χ1) is 17.4. The molecule has 5 rings (SSSR count). The topological polar surface area (TPSA) is 68.7 Å². The highest BCUT2D eigenvalue weighted by Crippen LogP contribution is 2.33. The molecule has 1 saturated carbocycles. The van der Waals surface area contributed by atoms with E-state index in [9.17, 15) is 14.0 Å². The van der Waals surface area contributed by atoms with Crippen LogP contribution in [-0.2, 0) is 4.74 Å². The zero-order chi connectivity index (χ0) is 25.2. The van der Waals surface area contributed by atoms with E-state index in [0.29, 0.717) is 29.4 Å². The quantitative estimate of drug-likeness (QED) is 0.317. The number of carbonyl (C=O) groups excluding carboxylic acids is 2. The molecule has 188 valence electrons. The van der Waals surface area contributed by atoms with Gasteiger partial charge in [-0.2, -0.15) is 0 Å². The molecule has 1 aliphatic heterocycles. The van der Waals surface area contributed by atoms with Gasteiger partial charge in [0.15, 0.2) is 11.9 Å². The smallest absolute Gasteiger partial charge is 0.410 e. The molecule has 2 fully saturated rings. The van der Waals surface area contributed by atoms with Crippen molar-refractivity contribution in [3.63, 3.8) is 0 Å². The van der Waals surface area contributed by atoms with Crippen molar-refractivity contribution in [2.24, 2.45) is 5.92 Å². The van der Waals surface area contributed by atoms with Crippen molar-refractivity contribution < 1.29 is 23.5 Å². The molecule has 1 saturated heterocycles. The number of nitrogens with zero attached hydrogens (tertiary/aromatic N) is 2. The van der Waals surface area contributed by atoms with E-state index in [0.717, 1.165) is 36.6 Å². The molecule has 2 aliphatic rings. The first-order valence-electron chi connectivity index (χ1n) is 12.0. The van der Waals surface area contributed by atoms with E-state index in [1.165, 1.54) is 12.1 Å². The number of amides is 1. The van der Waals surface area contributed by atoms with Crippen molar-refractivity contribution in [2.75, 3.05) is 13.2 Å². The third-order valence-electron chi connectivity index (χ3n) is 6.90. The Labute approximate surface area is 218 Å². The van der Waals surface area contributed by atoms with Crippen molar-refractivity contribution >= 4 is 46.0 Å². The van der Waals surface area contributed by atoms with Gasteiger partial charge in [-0.3, -0.25) is 4.79 Å². The molecule has 1 amide bonds. The SMILES string of the molecule is O=C(CC1CCC(N2CC(COc3ccc(Cl)c(F)c3)OC2=O)CC1)c1ccc2cc(Cl)ccc2n1. The summed E-state index contributed by atoms with van der Waals surface area (Å²) in [5, 5.41) is 1.57. The van der Waals surface area contributed by atoms with E-state index in [-0.39, 0.29) is 35.5 Å². The van der Waals surface area contributed by atoms with Gasteiger partial charge < -0.3 is 14.4 Å². The first kappa shape index (κ1) is 24.8. The molecule has 2 heterocycles. The number of hydrogen-bond acceptors (Lipinski definition) is 5. The van der Waals surface area contributed by atoms with E-state index in [4.69, 9.17) is 32.7 Å². The molecule has 6 nitrogen and oxygen atoms in total. The van der Waals surface area contributed by atoms with E-state index in [2.05, 4.69) is 4.98 Å². The summed E-state index contributed by atoms with van der Waals surface area (Å²) < 4.78 is 24.7. The number of rotatable bonds is 7. The Morgan fingerprint density at radius 2 is 1.89 bits per heavy atom. The molecule has 0 spiro atoms. The van der Waals surface area contributed by atoms with Gasteiger partial charge in [0.1, 0.15) is 23.9 Å². The second kappa shape index (κ2) is 10.6. The number of ketones is 1. The van der Waals surface area contributed by atoms with Gasteiger partial charge >= 0.3 is 6.09 Å². The number of cyclic esters (lactones) is 1. The molecule has 2 aromatic carbocycles. The molecule has 3 aromatic rings. The summed E-state index contributed by atoms with van der Waals surface area (Å²) in [5.41, 5.74) is 1.22. The number of benzene rings is 2. The maximum absolute atomic E-state index is 13.6. The number of ether oxygens (including phenoxy) is 2. The van der Waals surface area contributed by atoms with E-state index < -0.39 is 11.9 Å². The average molecular weight is 531 g/mol. The Bertz CT molecular complexity index is 1300. The van der Waals surface area contributed by atoms with E-state index >= 15 is 0 Å². The molecular formula is C27H25Cl2FN2O4. The Morgan fingerprint density at radius 3 is 2.67 bits per heavy atom. The van der Waals surface area contributed by atoms with Gasteiger partial charge in [-0.1, -0.05) is 29.3 Å². The Kier molecular flexibility index (Phi) is 7.30. The molecule has 9 heteroatoms. The summed E-state index contributed by atoms with van der Waals surface area (Å²) >= 11 is 11.7. The summed E-state index contributed by atoms with van der Waals surface area (Å²) in [7, 11) is 0. The van der Waals surface area contributed by atoms with E-state index in [1.54, 1.807) is 23.1 Å². The number of aromatic nitrogens is 1. The second-order valence-electron chi connectivity index (χ2n) is 9.38. The monoisotopic (exact) mass is 530 g/mol. The molecule has 1 aromatic heterocycles. The number of fused-ring (bicyclic) bond motifs is 1. The standard InChI is InChI=1S/C27H25Cl2FN2O4/c28-18-4-10-24-17(12-18)3-9-25(31-24)26(33)11-16-1-5-19(6-2-16)32-14-21(36-27(32)34)15-35-20-7-8-22(29)23(30)13-20/h3-4,7-10,12-13,16,19,21H,1-2,5-6,11,14-15H2. The van der Waals surface area contributed by atoms with E-state index in [1.807, 2.05) is 18.2 Å². The molecular weight excluding hydrogens is 506 g/mol. The molecule has 0 radical (unpaired) electrons. The number of hydrogen-bond donors (Lipinski definition) is 0. The van der Waals surface area contributed by atoms with Crippen LogP contribution in [0.2, 0.25) is 10.0 Å².